The van der Waals surface area contributed by atoms with Gasteiger partial charge in [0.15, 0.2) is 5.78 Å². The van der Waals surface area contributed by atoms with Gasteiger partial charge in [0, 0.05) is 6.07 Å². The Kier molecular flexibility index (Phi) is 2.63. The van der Waals surface area contributed by atoms with Gasteiger partial charge in [-0.05, 0) is 24.4 Å². The number of phenolic OH excluding ortho intramolecular Hbond substituents is 2. The number of ketones is 1. The van der Waals surface area contributed by atoms with Crippen LogP contribution < -0.4 is 4.74 Å². The van der Waals surface area contributed by atoms with Crippen LogP contribution in [0.3, 0.4) is 0 Å². The quantitative estimate of drug-likeness (QED) is 0.780. The predicted molar refractivity (Wildman–Crippen MR) is 63.8 cm³/mol. The van der Waals surface area contributed by atoms with Crippen molar-refractivity contribution in [2.45, 2.75) is 6.92 Å². The van der Waals surface area contributed by atoms with Crippen LogP contribution in [0.5, 0.6) is 17.2 Å². The number of Topliss-reactive ketones (excluding diaryl/α,β-unsaturated/α-hetero) is 1. The third-order valence-corrected chi connectivity index (χ3v) is 2.66. The van der Waals surface area contributed by atoms with Gasteiger partial charge in [-0.3, -0.25) is 4.79 Å². The Morgan fingerprint density at radius 3 is 2.53 bits per heavy atom. The number of aromatic hydroxyl groups is 2. The fourth-order valence-corrected chi connectivity index (χ4v) is 1.80. The lowest BCUT2D eigenvalue weighted by Crippen LogP contribution is -1.93. The summed E-state index contributed by atoms with van der Waals surface area (Å²) in [5.41, 5.74) is 0.193. The van der Waals surface area contributed by atoms with Crippen LogP contribution in [0.25, 0.3) is 10.8 Å². The fourth-order valence-electron chi connectivity index (χ4n) is 1.80. The summed E-state index contributed by atoms with van der Waals surface area (Å²) in [4.78, 5) is 11.3. The Hall–Kier alpha value is -2.23. The number of hydrogen-bond acceptors (Lipinski definition) is 4. The Morgan fingerprint density at radius 1 is 1.24 bits per heavy atom. The highest BCUT2D eigenvalue weighted by molar-refractivity contribution is 6.05. The molecule has 2 N–H and O–H groups in total. The van der Waals surface area contributed by atoms with Gasteiger partial charge in [0.05, 0.1) is 18.1 Å². The summed E-state index contributed by atoms with van der Waals surface area (Å²) in [6, 6.07) is 6.26. The molecule has 0 aromatic heterocycles. The van der Waals surface area contributed by atoms with Gasteiger partial charge in [0.25, 0.3) is 0 Å². The van der Waals surface area contributed by atoms with Gasteiger partial charge in [0.2, 0.25) is 0 Å². The van der Waals surface area contributed by atoms with Crippen LogP contribution in [-0.2, 0) is 0 Å². The lowest BCUT2D eigenvalue weighted by molar-refractivity contribution is 0.101. The minimum atomic E-state index is -0.250. The number of hydrogen-bond donors (Lipinski definition) is 2. The molecule has 0 saturated heterocycles. The molecule has 0 fully saturated rings. The zero-order chi connectivity index (χ0) is 12.6. The van der Waals surface area contributed by atoms with Gasteiger partial charge in [-0.1, -0.05) is 6.07 Å². The van der Waals surface area contributed by atoms with Crippen LogP contribution in [0, 0.1) is 0 Å². The maximum Gasteiger partial charge on any atom is 0.163 e. The first kappa shape index (κ1) is 11.3. The summed E-state index contributed by atoms with van der Waals surface area (Å²) in [5.74, 6) is -0.0697. The van der Waals surface area contributed by atoms with E-state index in [-0.39, 0.29) is 28.2 Å². The summed E-state index contributed by atoms with van der Waals surface area (Å²) in [6.45, 7) is 1.36. The highest BCUT2D eigenvalue weighted by atomic mass is 16.5. The van der Waals surface area contributed by atoms with Crippen molar-refractivity contribution in [1.29, 1.82) is 0 Å². The number of fused-ring (bicyclic) bond motifs is 1. The summed E-state index contributed by atoms with van der Waals surface area (Å²) >= 11 is 0. The second-order valence-electron chi connectivity index (χ2n) is 3.76. The summed E-state index contributed by atoms with van der Waals surface area (Å²) in [5, 5.41) is 20.6. The van der Waals surface area contributed by atoms with Crippen molar-refractivity contribution in [1.82, 2.24) is 0 Å². The third-order valence-electron chi connectivity index (χ3n) is 2.66. The zero-order valence-corrected chi connectivity index (χ0v) is 9.52. The van der Waals surface area contributed by atoms with Gasteiger partial charge >= 0.3 is 0 Å². The average molecular weight is 232 g/mol. The second kappa shape index (κ2) is 3.97. The van der Waals surface area contributed by atoms with Gasteiger partial charge in [-0.2, -0.15) is 0 Å². The minimum Gasteiger partial charge on any atom is -0.507 e. The molecule has 0 bridgehead atoms. The Labute approximate surface area is 98.1 Å². The molecule has 0 saturated carbocycles. The molecule has 0 atom stereocenters. The zero-order valence-electron chi connectivity index (χ0n) is 9.52. The van der Waals surface area contributed by atoms with Crippen LogP contribution in [0.1, 0.15) is 17.3 Å². The molecular formula is C13H12O4. The number of methoxy groups -OCH3 is 1. The number of carbonyl (C=O) groups is 1. The van der Waals surface area contributed by atoms with E-state index in [0.29, 0.717) is 11.1 Å². The maximum absolute atomic E-state index is 11.3. The van der Waals surface area contributed by atoms with E-state index in [9.17, 15) is 15.0 Å². The molecule has 2 aromatic rings. The molecule has 0 radical (unpaired) electrons. The lowest BCUT2D eigenvalue weighted by Gasteiger charge is -2.09. The van der Waals surface area contributed by atoms with E-state index in [1.807, 2.05) is 0 Å². The molecule has 17 heavy (non-hydrogen) atoms. The van der Waals surface area contributed by atoms with E-state index in [1.165, 1.54) is 26.2 Å². The molecule has 2 aromatic carbocycles. The van der Waals surface area contributed by atoms with Gasteiger partial charge in [-0.25, -0.2) is 0 Å². The maximum atomic E-state index is 11.3. The molecule has 0 aliphatic rings. The van der Waals surface area contributed by atoms with Crippen molar-refractivity contribution in [2.75, 3.05) is 7.11 Å². The van der Waals surface area contributed by atoms with Crippen molar-refractivity contribution in [3.05, 3.63) is 29.8 Å². The van der Waals surface area contributed by atoms with E-state index in [4.69, 9.17) is 4.74 Å². The largest absolute Gasteiger partial charge is 0.507 e. The van der Waals surface area contributed by atoms with E-state index in [2.05, 4.69) is 0 Å². The molecule has 0 aliphatic heterocycles. The molecule has 2 rings (SSSR count). The van der Waals surface area contributed by atoms with Crippen molar-refractivity contribution >= 4 is 16.6 Å². The number of carbonyl (C=O) groups excluding carboxylic acids is 1. The minimum absolute atomic E-state index is 0.111. The third kappa shape index (κ3) is 1.78. The van der Waals surface area contributed by atoms with Crippen LogP contribution in [0.4, 0.5) is 0 Å². The van der Waals surface area contributed by atoms with Gasteiger partial charge in [-0.15, -0.1) is 0 Å². The number of rotatable bonds is 2. The highest BCUT2D eigenvalue weighted by Gasteiger charge is 2.14. The van der Waals surface area contributed by atoms with Crippen LogP contribution in [0.15, 0.2) is 24.3 Å². The molecule has 0 amide bonds. The molecule has 88 valence electrons. The molecule has 0 aliphatic carbocycles. The molecular weight excluding hydrogens is 220 g/mol. The smallest absolute Gasteiger partial charge is 0.163 e. The van der Waals surface area contributed by atoms with Crippen molar-refractivity contribution in [2.24, 2.45) is 0 Å². The predicted octanol–water partition coefficient (Wildman–Crippen LogP) is 2.46. The number of ether oxygens (including phenoxy) is 1. The summed E-state index contributed by atoms with van der Waals surface area (Å²) < 4.78 is 5.01. The first-order valence-corrected chi connectivity index (χ1v) is 5.08. The summed E-state index contributed by atoms with van der Waals surface area (Å²) in [6.07, 6.45) is 0. The normalized spacial score (nSPS) is 10.5. The van der Waals surface area contributed by atoms with E-state index in [0.717, 1.165) is 0 Å². The molecule has 0 heterocycles. The van der Waals surface area contributed by atoms with Crippen molar-refractivity contribution in [3.63, 3.8) is 0 Å². The van der Waals surface area contributed by atoms with Crippen LogP contribution in [0.2, 0.25) is 0 Å². The molecule has 4 nitrogen and oxygen atoms in total. The topological polar surface area (TPSA) is 66.8 Å². The van der Waals surface area contributed by atoms with Crippen LogP contribution >= 0.6 is 0 Å². The monoisotopic (exact) mass is 232 g/mol. The summed E-state index contributed by atoms with van der Waals surface area (Å²) in [7, 11) is 1.49. The van der Waals surface area contributed by atoms with Gasteiger partial charge < -0.3 is 14.9 Å². The Balaban J connectivity index is 2.82. The van der Waals surface area contributed by atoms with E-state index >= 15 is 0 Å². The second-order valence-corrected chi connectivity index (χ2v) is 3.76. The lowest BCUT2D eigenvalue weighted by atomic mass is 10.0. The van der Waals surface area contributed by atoms with Crippen molar-refractivity contribution < 1.29 is 19.7 Å². The number of phenols is 2. The SMILES string of the molecule is COc1cc(O)c2c(O)c(C(C)=O)ccc2c1. The molecule has 0 unspecified atom stereocenters. The van der Waals surface area contributed by atoms with Crippen LogP contribution in [-0.4, -0.2) is 23.1 Å². The average Bonchev–Trinajstić information content (AvgIpc) is 2.28. The van der Waals surface area contributed by atoms with E-state index < -0.39 is 0 Å². The standard InChI is InChI=1S/C13H12O4/c1-7(14)10-4-3-8-5-9(17-2)6-11(15)12(8)13(10)16/h3-6,15-16H,1-2H3. The fraction of sp³-hybridized carbons (Fsp3) is 0.154. The molecule has 4 heteroatoms. The Morgan fingerprint density at radius 2 is 1.94 bits per heavy atom. The van der Waals surface area contributed by atoms with Gasteiger partial charge in [0.1, 0.15) is 17.2 Å². The molecule has 0 spiro atoms. The van der Waals surface area contributed by atoms with E-state index in [1.54, 1.807) is 12.1 Å². The first-order valence-electron chi connectivity index (χ1n) is 5.08. The van der Waals surface area contributed by atoms with Crippen molar-refractivity contribution in [3.8, 4) is 17.2 Å². The Bertz CT molecular complexity index is 602. The first-order chi connectivity index (χ1) is 8.04. The highest BCUT2D eigenvalue weighted by Crippen LogP contribution is 2.38. The number of benzene rings is 2.